The molecule has 0 aliphatic heterocycles. The minimum absolute atomic E-state index is 0.0253. The Morgan fingerprint density at radius 2 is 1.52 bits per heavy atom. The molecule has 9 atom stereocenters. The van der Waals surface area contributed by atoms with E-state index in [-0.39, 0.29) is 10.8 Å². The SMILES string of the molecule is CC1C(C)C2CC1C1C3CC(C21)C(S(=O)(=O)C(=[N+]=[N-])S(=O)(=O)c1ccccc1)C3. The minimum atomic E-state index is -4.40. The quantitative estimate of drug-likeness (QED) is 0.234. The molecule has 9 unspecified atom stereocenters. The highest BCUT2D eigenvalue weighted by molar-refractivity contribution is 8.31. The van der Waals surface area contributed by atoms with Gasteiger partial charge in [0.1, 0.15) is 0 Å². The van der Waals surface area contributed by atoms with Crippen molar-refractivity contribution in [3.05, 3.63) is 35.9 Å². The zero-order valence-corrected chi connectivity index (χ0v) is 18.2. The molecule has 0 saturated heterocycles. The second kappa shape index (κ2) is 6.25. The third-order valence-corrected chi connectivity index (χ3v) is 13.5. The number of hydrogen-bond donors (Lipinski definition) is 0. The predicted octanol–water partition coefficient (Wildman–Crippen LogP) is 3.02. The van der Waals surface area contributed by atoms with Crippen molar-refractivity contribution in [2.75, 3.05) is 0 Å². The molecule has 6 nitrogen and oxygen atoms in total. The fourth-order valence-corrected chi connectivity index (χ4v) is 12.0. The lowest BCUT2D eigenvalue weighted by Gasteiger charge is -2.42. The van der Waals surface area contributed by atoms with Crippen LogP contribution in [0, 0.1) is 47.3 Å². The van der Waals surface area contributed by atoms with Crippen molar-refractivity contribution in [1.29, 1.82) is 0 Å². The first-order chi connectivity index (χ1) is 13.7. The molecule has 1 aromatic carbocycles. The molecule has 4 aliphatic rings. The molecular formula is C21H26N2O4S2. The van der Waals surface area contributed by atoms with Crippen LogP contribution in [-0.2, 0) is 19.7 Å². The van der Waals surface area contributed by atoms with E-state index in [9.17, 15) is 22.4 Å². The summed E-state index contributed by atoms with van der Waals surface area (Å²) in [7, 11) is -8.66. The molecular weight excluding hydrogens is 408 g/mol. The number of sulfone groups is 2. The summed E-state index contributed by atoms with van der Waals surface area (Å²) in [6.07, 6.45) is 2.53. The van der Waals surface area contributed by atoms with Crippen LogP contribution in [0.3, 0.4) is 0 Å². The number of benzene rings is 1. The Labute approximate surface area is 172 Å². The predicted molar refractivity (Wildman–Crippen MR) is 108 cm³/mol. The Hall–Kier alpha value is -1.50. The van der Waals surface area contributed by atoms with E-state index in [1.54, 1.807) is 6.07 Å². The average molecular weight is 435 g/mol. The molecule has 0 aromatic heterocycles. The Balaban J connectivity index is 1.50. The molecule has 29 heavy (non-hydrogen) atoms. The summed E-state index contributed by atoms with van der Waals surface area (Å²) in [5.41, 5.74) is 9.49. The van der Waals surface area contributed by atoms with Crippen LogP contribution < -0.4 is 0 Å². The van der Waals surface area contributed by atoms with E-state index in [1.807, 2.05) is 0 Å². The molecule has 0 N–H and O–H groups in total. The molecule has 4 bridgehead atoms. The van der Waals surface area contributed by atoms with Crippen molar-refractivity contribution in [2.24, 2.45) is 47.3 Å². The van der Waals surface area contributed by atoms with Gasteiger partial charge in [-0.05, 0) is 78.7 Å². The topological polar surface area (TPSA) is 105 Å². The van der Waals surface area contributed by atoms with Crippen molar-refractivity contribution in [3.63, 3.8) is 0 Å². The van der Waals surface area contributed by atoms with Gasteiger partial charge in [0.05, 0.1) is 10.1 Å². The molecule has 0 amide bonds. The normalized spacial score (nSPS) is 42.6. The van der Waals surface area contributed by atoms with Gasteiger partial charge in [0.2, 0.25) is 0 Å². The lowest BCUT2D eigenvalue weighted by atomic mass is 9.64. The highest BCUT2D eigenvalue weighted by atomic mass is 32.3. The monoisotopic (exact) mass is 434 g/mol. The lowest BCUT2D eigenvalue weighted by molar-refractivity contribution is 0.00351. The zero-order chi connectivity index (χ0) is 20.7. The summed E-state index contributed by atoms with van der Waals surface area (Å²) in [6, 6.07) is 7.34. The summed E-state index contributed by atoms with van der Waals surface area (Å²) in [4.78, 5) is 2.67. The van der Waals surface area contributed by atoms with E-state index in [0.29, 0.717) is 47.8 Å². The van der Waals surface area contributed by atoms with Gasteiger partial charge in [-0.2, -0.15) is 0 Å². The molecule has 5 rings (SSSR count). The van der Waals surface area contributed by atoms with Crippen LogP contribution in [0.1, 0.15) is 33.1 Å². The van der Waals surface area contributed by atoms with Crippen molar-refractivity contribution >= 4 is 24.1 Å². The van der Waals surface area contributed by atoms with Gasteiger partial charge in [-0.15, -0.1) is 4.79 Å². The van der Waals surface area contributed by atoms with Gasteiger partial charge >= 0.3 is 4.38 Å². The first-order valence-corrected chi connectivity index (χ1v) is 13.5. The zero-order valence-electron chi connectivity index (χ0n) is 16.5. The summed E-state index contributed by atoms with van der Waals surface area (Å²) in [6.45, 7) is 4.61. The van der Waals surface area contributed by atoms with Crippen molar-refractivity contribution in [1.82, 2.24) is 0 Å². The minimum Gasteiger partial charge on any atom is -0.359 e. The van der Waals surface area contributed by atoms with Gasteiger partial charge in [-0.1, -0.05) is 32.0 Å². The second-order valence-corrected chi connectivity index (χ2v) is 13.8. The fourth-order valence-electron chi connectivity index (χ4n) is 7.62. The maximum atomic E-state index is 13.4. The van der Waals surface area contributed by atoms with Crippen LogP contribution in [0.15, 0.2) is 35.2 Å². The van der Waals surface area contributed by atoms with Gasteiger partial charge in [0.25, 0.3) is 19.7 Å². The summed E-state index contributed by atoms with van der Waals surface area (Å²) >= 11 is 0. The van der Waals surface area contributed by atoms with Gasteiger partial charge in [-0.25, -0.2) is 16.8 Å². The van der Waals surface area contributed by atoms with Crippen LogP contribution in [0.2, 0.25) is 0 Å². The van der Waals surface area contributed by atoms with Crippen molar-refractivity contribution < 1.29 is 21.6 Å². The third kappa shape index (κ3) is 2.45. The van der Waals surface area contributed by atoms with Crippen molar-refractivity contribution in [3.8, 4) is 0 Å². The van der Waals surface area contributed by atoms with Crippen LogP contribution in [-0.4, -0.2) is 31.3 Å². The van der Waals surface area contributed by atoms with E-state index >= 15 is 0 Å². The van der Waals surface area contributed by atoms with Gasteiger partial charge in [0, 0.05) is 0 Å². The largest absolute Gasteiger partial charge is 0.499 e. The standard InChI is InChI=1S/C21H26N2O4S2/c1-11-12(2)16-10-15(11)19-13-8-17(20(16)19)18(9-13)29(26,27)21(23-22)28(24,25)14-6-4-3-5-7-14/h3-7,11-13,15-20H,8-10H2,1-2H3. The van der Waals surface area contributed by atoms with E-state index in [2.05, 4.69) is 18.6 Å². The molecule has 4 saturated carbocycles. The maximum absolute atomic E-state index is 13.4. The number of hydrogen-bond acceptors (Lipinski definition) is 4. The smallest absolute Gasteiger partial charge is 0.359 e. The fraction of sp³-hybridized carbons (Fsp3) is 0.667. The van der Waals surface area contributed by atoms with E-state index in [0.717, 1.165) is 6.42 Å². The van der Waals surface area contributed by atoms with Crippen LogP contribution >= 0.6 is 0 Å². The van der Waals surface area contributed by atoms with Crippen LogP contribution in [0.5, 0.6) is 0 Å². The molecule has 4 fully saturated rings. The summed E-state index contributed by atoms with van der Waals surface area (Å²) in [5, 5.41) is -0.764. The van der Waals surface area contributed by atoms with E-state index in [1.165, 1.54) is 30.7 Å². The highest BCUT2D eigenvalue weighted by Crippen LogP contribution is 2.70. The average Bonchev–Trinajstić information content (AvgIpc) is 3.43. The number of rotatable bonds is 2. The number of nitrogens with zero attached hydrogens (tertiary/aromatic N) is 2. The molecule has 0 heterocycles. The lowest BCUT2D eigenvalue weighted by Crippen LogP contribution is -2.45. The van der Waals surface area contributed by atoms with Gasteiger partial charge in [0.15, 0.2) is 0 Å². The van der Waals surface area contributed by atoms with Crippen LogP contribution in [0.4, 0.5) is 0 Å². The molecule has 156 valence electrons. The highest BCUT2D eigenvalue weighted by Gasteiger charge is 2.69. The molecule has 4 aliphatic carbocycles. The Kier molecular flexibility index (Phi) is 4.20. The van der Waals surface area contributed by atoms with Gasteiger partial charge in [-0.3, -0.25) is 0 Å². The third-order valence-electron chi connectivity index (χ3n) is 8.79. The van der Waals surface area contributed by atoms with E-state index < -0.39 is 29.3 Å². The molecule has 0 spiro atoms. The first kappa shape index (κ1) is 19.5. The molecule has 8 heteroatoms. The Morgan fingerprint density at radius 3 is 2.14 bits per heavy atom. The Morgan fingerprint density at radius 1 is 0.897 bits per heavy atom. The first-order valence-electron chi connectivity index (χ1n) is 10.5. The van der Waals surface area contributed by atoms with Crippen LogP contribution in [0.25, 0.3) is 5.53 Å². The second-order valence-electron chi connectivity index (χ2n) is 9.60. The van der Waals surface area contributed by atoms with Gasteiger partial charge < -0.3 is 5.53 Å². The Bertz CT molecular complexity index is 1110. The molecule has 1 aromatic rings. The molecule has 0 radical (unpaired) electrons. The van der Waals surface area contributed by atoms with E-state index in [4.69, 9.17) is 0 Å². The van der Waals surface area contributed by atoms with Crippen molar-refractivity contribution in [2.45, 2.75) is 43.3 Å². The maximum Gasteiger partial charge on any atom is 0.499 e. The summed E-state index contributed by atoms with van der Waals surface area (Å²) < 4.78 is 51.7. The summed E-state index contributed by atoms with van der Waals surface area (Å²) in [5.74, 6) is 3.75. The number of fused-ring (bicyclic) bond motifs is 9.